The van der Waals surface area contributed by atoms with Gasteiger partial charge in [0.05, 0.1) is 0 Å². The summed E-state index contributed by atoms with van der Waals surface area (Å²) in [6, 6.07) is 0.715. The van der Waals surface area contributed by atoms with Gasteiger partial charge in [-0.1, -0.05) is 6.92 Å². The Kier molecular flexibility index (Phi) is 4.04. The van der Waals surface area contributed by atoms with Crippen LogP contribution in [0.4, 0.5) is 0 Å². The van der Waals surface area contributed by atoms with Crippen LogP contribution in [0.15, 0.2) is 0 Å². The van der Waals surface area contributed by atoms with Crippen molar-refractivity contribution in [1.29, 1.82) is 0 Å². The first kappa shape index (κ1) is 14.3. The number of hydrogen-bond donors (Lipinski definition) is 0. The average Bonchev–Trinajstić information content (AvgIpc) is 2.89. The van der Waals surface area contributed by atoms with E-state index in [-0.39, 0.29) is 0 Å². The van der Waals surface area contributed by atoms with E-state index in [0.29, 0.717) is 18.4 Å². The molecule has 0 bridgehead atoms. The van der Waals surface area contributed by atoms with Crippen LogP contribution in [0.25, 0.3) is 0 Å². The lowest BCUT2D eigenvalue weighted by molar-refractivity contribution is -0.132. The topological polar surface area (TPSA) is 26.8 Å². The van der Waals surface area contributed by atoms with Gasteiger partial charge in [-0.05, 0) is 31.6 Å². The Morgan fingerprint density at radius 1 is 1.10 bits per heavy atom. The molecule has 3 fully saturated rings. The SMILES string of the molecule is CCC(=O)N1CCN(CC2[C@H]3CN(C(C)C)C[C@@H]23)CC1. The third kappa shape index (κ3) is 2.73. The van der Waals surface area contributed by atoms with Gasteiger partial charge in [0.25, 0.3) is 0 Å². The maximum atomic E-state index is 11.7. The number of carbonyl (C=O) groups is 1. The van der Waals surface area contributed by atoms with Crippen molar-refractivity contribution >= 4 is 5.91 Å². The van der Waals surface area contributed by atoms with Crippen LogP contribution in [0.5, 0.6) is 0 Å². The molecule has 3 rings (SSSR count). The molecule has 1 saturated carbocycles. The van der Waals surface area contributed by atoms with Crippen LogP contribution in [0, 0.1) is 17.8 Å². The first-order chi connectivity index (χ1) is 9.60. The zero-order valence-electron chi connectivity index (χ0n) is 13.2. The van der Waals surface area contributed by atoms with Crippen LogP contribution in [0.1, 0.15) is 27.2 Å². The van der Waals surface area contributed by atoms with Crippen molar-refractivity contribution in [1.82, 2.24) is 14.7 Å². The van der Waals surface area contributed by atoms with E-state index in [1.54, 1.807) is 0 Å². The van der Waals surface area contributed by atoms with Crippen LogP contribution >= 0.6 is 0 Å². The third-order valence-corrected chi connectivity index (χ3v) is 5.63. The van der Waals surface area contributed by atoms with Gasteiger partial charge in [-0.15, -0.1) is 0 Å². The number of fused-ring (bicyclic) bond motifs is 1. The molecule has 3 atom stereocenters. The molecule has 0 spiro atoms. The molecule has 2 heterocycles. The zero-order valence-corrected chi connectivity index (χ0v) is 13.2. The number of amides is 1. The van der Waals surface area contributed by atoms with Crippen molar-refractivity contribution in [2.75, 3.05) is 45.8 Å². The number of nitrogens with zero attached hydrogens (tertiary/aromatic N) is 3. The summed E-state index contributed by atoms with van der Waals surface area (Å²) >= 11 is 0. The molecule has 4 nitrogen and oxygen atoms in total. The van der Waals surface area contributed by atoms with E-state index >= 15 is 0 Å². The lowest BCUT2D eigenvalue weighted by atomic mass is 10.2. The highest BCUT2D eigenvalue weighted by Crippen LogP contribution is 2.52. The van der Waals surface area contributed by atoms with Gasteiger partial charge in [-0.3, -0.25) is 9.69 Å². The first-order valence-electron chi connectivity index (χ1n) is 8.34. The maximum absolute atomic E-state index is 11.7. The van der Waals surface area contributed by atoms with Crippen LogP contribution in [0.3, 0.4) is 0 Å². The molecule has 4 heteroatoms. The van der Waals surface area contributed by atoms with E-state index in [4.69, 9.17) is 0 Å². The number of rotatable bonds is 4. The summed E-state index contributed by atoms with van der Waals surface area (Å²) in [5.41, 5.74) is 0. The van der Waals surface area contributed by atoms with E-state index in [1.807, 2.05) is 11.8 Å². The Balaban J connectivity index is 1.39. The minimum absolute atomic E-state index is 0.320. The van der Waals surface area contributed by atoms with Crippen molar-refractivity contribution in [3.63, 3.8) is 0 Å². The number of piperidine rings is 1. The quantitative estimate of drug-likeness (QED) is 0.772. The standard InChI is InChI=1S/C16H29N3O/c1-4-16(20)18-7-5-17(6-8-18)9-13-14-10-19(12(2)3)11-15(13)14/h12-15H,4-11H2,1-3H3/t13?,14-,15+. The normalized spacial score (nSPS) is 34.6. The van der Waals surface area contributed by atoms with Gasteiger partial charge < -0.3 is 9.80 Å². The average molecular weight is 279 g/mol. The van der Waals surface area contributed by atoms with Gasteiger partial charge in [-0.25, -0.2) is 0 Å². The summed E-state index contributed by atoms with van der Waals surface area (Å²) in [6.07, 6.45) is 0.651. The molecule has 1 amide bonds. The summed E-state index contributed by atoms with van der Waals surface area (Å²) in [6.45, 7) is 14.5. The molecule has 0 N–H and O–H groups in total. The molecule has 1 unspecified atom stereocenters. The molecular formula is C16H29N3O. The molecule has 3 aliphatic rings. The smallest absolute Gasteiger partial charge is 0.222 e. The van der Waals surface area contributed by atoms with Gasteiger partial charge in [0.15, 0.2) is 0 Å². The van der Waals surface area contributed by atoms with E-state index in [2.05, 4.69) is 23.6 Å². The number of hydrogen-bond acceptors (Lipinski definition) is 3. The predicted octanol–water partition coefficient (Wildman–Crippen LogP) is 1.13. The Morgan fingerprint density at radius 2 is 1.70 bits per heavy atom. The van der Waals surface area contributed by atoms with Crippen molar-refractivity contribution in [2.24, 2.45) is 17.8 Å². The Hall–Kier alpha value is -0.610. The molecule has 2 aliphatic heterocycles. The minimum Gasteiger partial charge on any atom is -0.340 e. The highest BCUT2D eigenvalue weighted by atomic mass is 16.2. The Morgan fingerprint density at radius 3 is 2.20 bits per heavy atom. The maximum Gasteiger partial charge on any atom is 0.222 e. The van der Waals surface area contributed by atoms with E-state index < -0.39 is 0 Å². The molecular weight excluding hydrogens is 250 g/mol. The van der Waals surface area contributed by atoms with E-state index in [1.165, 1.54) is 19.6 Å². The molecule has 0 aromatic heterocycles. The summed E-state index contributed by atoms with van der Waals surface area (Å²) in [5, 5.41) is 0. The van der Waals surface area contributed by atoms with Crippen LogP contribution in [-0.2, 0) is 4.79 Å². The van der Waals surface area contributed by atoms with Crippen molar-refractivity contribution in [3.8, 4) is 0 Å². The first-order valence-corrected chi connectivity index (χ1v) is 8.34. The molecule has 0 aromatic rings. The largest absolute Gasteiger partial charge is 0.340 e. The molecule has 114 valence electrons. The Labute approximate surface area is 123 Å². The second kappa shape index (κ2) is 5.64. The third-order valence-electron chi connectivity index (χ3n) is 5.63. The Bertz CT molecular complexity index is 351. The molecule has 0 radical (unpaired) electrons. The van der Waals surface area contributed by atoms with Gasteiger partial charge in [0.2, 0.25) is 5.91 Å². The molecule has 2 saturated heterocycles. The second-order valence-corrected chi connectivity index (χ2v) is 7.07. The molecule has 20 heavy (non-hydrogen) atoms. The van der Waals surface area contributed by atoms with Gasteiger partial charge >= 0.3 is 0 Å². The number of likely N-dealkylation sites (tertiary alicyclic amines) is 1. The van der Waals surface area contributed by atoms with Crippen LogP contribution < -0.4 is 0 Å². The monoisotopic (exact) mass is 279 g/mol. The lowest BCUT2D eigenvalue weighted by Crippen LogP contribution is -2.49. The molecule has 0 aromatic carbocycles. The van der Waals surface area contributed by atoms with Crippen molar-refractivity contribution in [2.45, 2.75) is 33.2 Å². The number of carbonyl (C=O) groups excluding carboxylic acids is 1. The van der Waals surface area contributed by atoms with Crippen LogP contribution in [0.2, 0.25) is 0 Å². The summed E-state index contributed by atoms with van der Waals surface area (Å²) in [7, 11) is 0. The highest BCUT2D eigenvalue weighted by molar-refractivity contribution is 5.75. The summed E-state index contributed by atoms with van der Waals surface area (Å²) < 4.78 is 0. The fourth-order valence-electron chi connectivity index (χ4n) is 4.08. The van der Waals surface area contributed by atoms with Crippen molar-refractivity contribution < 1.29 is 4.79 Å². The predicted molar refractivity (Wildman–Crippen MR) is 80.5 cm³/mol. The lowest BCUT2D eigenvalue weighted by Gasteiger charge is -2.35. The van der Waals surface area contributed by atoms with Crippen LogP contribution in [-0.4, -0.2) is 72.5 Å². The molecule has 1 aliphatic carbocycles. The second-order valence-electron chi connectivity index (χ2n) is 7.07. The van der Waals surface area contributed by atoms with Crippen molar-refractivity contribution in [3.05, 3.63) is 0 Å². The van der Waals surface area contributed by atoms with E-state index in [0.717, 1.165) is 43.9 Å². The van der Waals surface area contributed by atoms with Gasteiger partial charge in [0.1, 0.15) is 0 Å². The van der Waals surface area contributed by atoms with Gasteiger partial charge in [0, 0.05) is 58.3 Å². The fraction of sp³-hybridized carbons (Fsp3) is 0.938. The minimum atomic E-state index is 0.320. The zero-order chi connectivity index (χ0) is 14.3. The fourth-order valence-corrected chi connectivity index (χ4v) is 4.08. The van der Waals surface area contributed by atoms with E-state index in [9.17, 15) is 4.79 Å². The van der Waals surface area contributed by atoms with Gasteiger partial charge in [-0.2, -0.15) is 0 Å². The highest BCUT2D eigenvalue weighted by Gasteiger charge is 2.55. The summed E-state index contributed by atoms with van der Waals surface area (Å²) in [5.74, 6) is 3.19. The summed E-state index contributed by atoms with van der Waals surface area (Å²) in [4.78, 5) is 18.9. The number of piperazine rings is 1.